The van der Waals surface area contributed by atoms with Crippen LogP contribution in [-0.2, 0) is 42.2 Å². The zero-order chi connectivity index (χ0) is 55.5. The topological polar surface area (TPSA) is 155 Å². The van der Waals surface area contributed by atoms with Crippen LogP contribution in [0.5, 0.6) is 0 Å². The number of phosphoric acid groups is 1. The highest BCUT2D eigenvalue weighted by atomic mass is 31.2. The molecule has 0 bridgehead atoms. The van der Waals surface area contributed by atoms with Crippen LogP contribution in [0.15, 0.2) is 122 Å². The number of hydrogen-bond donors (Lipinski definition) is 2. The van der Waals surface area contributed by atoms with Crippen LogP contribution in [0.4, 0.5) is 0 Å². The normalized spacial score (nSPS) is 14.2. The molecule has 0 spiro atoms. The van der Waals surface area contributed by atoms with Crippen LogP contribution in [0.2, 0.25) is 0 Å². The monoisotopic (exact) mass is 1080 g/mol. The van der Waals surface area contributed by atoms with Gasteiger partial charge in [-0.05, 0) is 89.9 Å². The van der Waals surface area contributed by atoms with Gasteiger partial charge in [0.1, 0.15) is 12.7 Å². The molecule has 11 nitrogen and oxygen atoms in total. The van der Waals surface area contributed by atoms with Crippen molar-refractivity contribution < 1.29 is 52.2 Å². The Bertz CT molecular complexity index is 1740. The maximum atomic E-state index is 12.9. The van der Waals surface area contributed by atoms with Crippen molar-refractivity contribution in [3.05, 3.63) is 122 Å². The highest BCUT2D eigenvalue weighted by molar-refractivity contribution is 7.47. The van der Waals surface area contributed by atoms with Crippen molar-refractivity contribution in [2.45, 2.75) is 238 Å². The lowest BCUT2D eigenvalue weighted by Gasteiger charge is -2.21. The molecule has 0 rings (SSSR count). The van der Waals surface area contributed by atoms with E-state index in [-0.39, 0.29) is 25.9 Å². The fourth-order valence-corrected chi connectivity index (χ4v) is 8.30. The molecule has 0 aliphatic rings. The summed E-state index contributed by atoms with van der Waals surface area (Å²) < 4.78 is 39.4. The Morgan fingerprint density at radius 3 is 1.16 bits per heavy atom. The average molecular weight is 1080 g/mol. The Morgan fingerprint density at radius 2 is 0.737 bits per heavy atom. The Morgan fingerprint density at radius 1 is 0.395 bits per heavy atom. The Kier molecular flexibility index (Phi) is 54.0. The van der Waals surface area contributed by atoms with Crippen molar-refractivity contribution in [2.24, 2.45) is 0 Å². The predicted octanol–water partition coefficient (Wildman–Crippen LogP) is 17.6. The number of carbonyl (C=O) groups excluding carboxylic acids is 3. The molecule has 0 aromatic heterocycles. The lowest BCUT2D eigenvalue weighted by molar-refractivity contribution is -0.161. The molecule has 76 heavy (non-hydrogen) atoms. The first-order valence-corrected chi connectivity index (χ1v) is 30.9. The van der Waals surface area contributed by atoms with E-state index in [4.69, 9.17) is 23.3 Å². The van der Waals surface area contributed by atoms with Crippen LogP contribution in [0.1, 0.15) is 226 Å². The van der Waals surface area contributed by atoms with E-state index in [1.807, 2.05) is 18.2 Å². The molecule has 2 N–H and O–H groups in total. The predicted molar refractivity (Wildman–Crippen MR) is 316 cm³/mol. The number of rotatable bonds is 53. The minimum absolute atomic E-state index is 0.0627. The van der Waals surface area contributed by atoms with Crippen molar-refractivity contribution in [1.82, 2.24) is 0 Å². The molecule has 12 heteroatoms. The summed E-state index contributed by atoms with van der Waals surface area (Å²) in [6.45, 7) is 4.27. The second kappa shape index (κ2) is 57.1. The number of phosphoric ester groups is 1. The third-order valence-corrected chi connectivity index (χ3v) is 12.9. The SMILES string of the molecule is CC/C=C\C/C=C\C/C=C\C/C=C\C/C=C\CCCCCC(=O)OC(COC(=O)CCCCCCCCCCCCCCCCC)COP(=O)(O)OCC(CO)OC(=O)C/C=C\C/C=C\C/C=C\C/C=C\C/C=C\CC. The van der Waals surface area contributed by atoms with Crippen molar-refractivity contribution >= 4 is 25.7 Å². The van der Waals surface area contributed by atoms with E-state index in [0.29, 0.717) is 19.3 Å². The van der Waals surface area contributed by atoms with Crippen LogP contribution >= 0.6 is 7.82 Å². The fourth-order valence-electron chi connectivity index (χ4n) is 7.52. The van der Waals surface area contributed by atoms with Crippen molar-refractivity contribution in [3.63, 3.8) is 0 Å². The summed E-state index contributed by atoms with van der Waals surface area (Å²) in [5, 5.41) is 9.80. The highest BCUT2D eigenvalue weighted by Crippen LogP contribution is 2.43. The van der Waals surface area contributed by atoms with E-state index in [0.717, 1.165) is 96.3 Å². The van der Waals surface area contributed by atoms with Crippen LogP contribution in [0.25, 0.3) is 0 Å². The number of aliphatic hydroxyl groups excluding tert-OH is 1. The number of allylic oxidation sites excluding steroid dienone is 19. The van der Waals surface area contributed by atoms with E-state index < -0.39 is 57.8 Å². The summed E-state index contributed by atoms with van der Waals surface area (Å²) in [7, 11) is -4.79. The zero-order valence-corrected chi connectivity index (χ0v) is 48.6. The smallest absolute Gasteiger partial charge is 0.462 e. The quantitative estimate of drug-likeness (QED) is 0.0197. The van der Waals surface area contributed by atoms with Gasteiger partial charge in [0.05, 0.1) is 26.2 Å². The van der Waals surface area contributed by atoms with Crippen molar-refractivity contribution in [1.29, 1.82) is 0 Å². The number of ether oxygens (including phenoxy) is 3. The maximum absolute atomic E-state index is 12.9. The summed E-state index contributed by atoms with van der Waals surface area (Å²) in [5.74, 6) is -1.65. The average Bonchev–Trinajstić information content (AvgIpc) is 3.41. The first-order chi connectivity index (χ1) is 37.2. The molecule has 0 aromatic carbocycles. The first-order valence-electron chi connectivity index (χ1n) is 29.4. The van der Waals surface area contributed by atoms with Crippen LogP contribution < -0.4 is 0 Å². The Balaban J connectivity index is 4.87. The summed E-state index contributed by atoms with van der Waals surface area (Å²) in [6, 6.07) is 0. The Labute approximate surface area is 462 Å². The molecule has 432 valence electrons. The lowest BCUT2D eigenvalue weighted by Crippen LogP contribution is -2.30. The Hall–Kier alpha value is -4.12. The fraction of sp³-hybridized carbons (Fsp3) is 0.641. The number of aliphatic hydroxyl groups is 1. The van der Waals surface area contributed by atoms with Gasteiger partial charge in [-0.2, -0.15) is 0 Å². The molecule has 0 aliphatic heterocycles. The maximum Gasteiger partial charge on any atom is 0.472 e. The van der Waals surface area contributed by atoms with Gasteiger partial charge >= 0.3 is 25.7 Å². The van der Waals surface area contributed by atoms with Crippen LogP contribution in [0.3, 0.4) is 0 Å². The van der Waals surface area contributed by atoms with Crippen LogP contribution in [0, 0.1) is 0 Å². The number of hydrogen-bond acceptors (Lipinski definition) is 10. The van der Waals surface area contributed by atoms with Gasteiger partial charge in [0.2, 0.25) is 0 Å². The third-order valence-electron chi connectivity index (χ3n) is 11.9. The molecule has 3 unspecified atom stereocenters. The minimum atomic E-state index is -4.79. The van der Waals surface area contributed by atoms with E-state index in [1.54, 1.807) is 6.08 Å². The standard InChI is InChI=1S/C64H105O11P/c1-4-7-10-13-16-19-22-25-28-29-30-31-34-37-40-43-46-49-52-55-64(68)75-61(57-71-62(66)53-50-47-44-41-38-35-32-26-23-20-17-14-11-8-5-2)59-73-76(69,70)72-58-60(56-65)74-63(67)54-51-48-45-42-39-36-33-27-24-21-18-15-12-9-6-3/h7,9-10,12,16,18-19,21,25,27-28,30-31,33,37,39-40,42,48,51,60-61,65H,4-6,8,11,13-15,17,20,22-24,26,29,32,34-36,38,41,43-47,49-50,52-59H2,1-3H3,(H,69,70)/b10-7-,12-9-,19-16-,21-18-,28-25-,31-30-,33-27-,40-37-,42-39-,51-48-. The molecule has 0 saturated carbocycles. The molecule has 3 atom stereocenters. The molecule has 0 fully saturated rings. The summed E-state index contributed by atoms with van der Waals surface area (Å²) in [4.78, 5) is 48.5. The second-order valence-electron chi connectivity index (χ2n) is 19.1. The highest BCUT2D eigenvalue weighted by Gasteiger charge is 2.28. The van der Waals surface area contributed by atoms with Gasteiger partial charge < -0.3 is 24.2 Å². The lowest BCUT2D eigenvalue weighted by atomic mass is 10.0. The van der Waals surface area contributed by atoms with Gasteiger partial charge in [0.25, 0.3) is 0 Å². The van der Waals surface area contributed by atoms with Crippen molar-refractivity contribution in [3.8, 4) is 0 Å². The molecular formula is C64H105O11P. The second-order valence-corrected chi connectivity index (χ2v) is 20.5. The zero-order valence-electron chi connectivity index (χ0n) is 47.7. The molecular weight excluding hydrogens is 976 g/mol. The van der Waals surface area contributed by atoms with Gasteiger partial charge in [0, 0.05) is 12.8 Å². The first kappa shape index (κ1) is 71.9. The van der Waals surface area contributed by atoms with Gasteiger partial charge in [-0.25, -0.2) is 4.57 Å². The van der Waals surface area contributed by atoms with Gasteiger partial charge in [-0.1, -0.05) is 239 Å². The van der Waals surface area contributed by atoms with Gasteiger partial charge in [-0.15, -0.1) is 0 Å². The molecule has 0 heterocycles. The minimum Gasteiger partial charge on any atom is -0.462 e. The number of carbonyl (C=O) groups is 3. The van der Waals surface area contributed by atoms with E-state index in [9.17, 15) is 28.9 Å². The molecule has 0 aromatic rings. The summed E-state index contributed by atoms with van der Waals surface area (Å²) >= 11 is 0. The third kappa shape index (κ3) is 54.7. The van der Waals surface area contributed by atoms with Crippen molar-refractivity contribution in [2.75, 3.05) is 26.4 Å². The number of esters is 3. The van der Waals surface area contributed by atoms with E-state index in [1.165, 1.54) is 70.6 Å². The summed E-state index contributed by atoms with van der Waals surface area (Å²) in [6.07, 6.45) is 70.4. The van der Waals surface area contributed by atoms with Gasteiger partial charge in [-0.3, -0.25) is 23.4 Å². The van der Waals surface area contributed by atoms with E-state index >= 15 is 0 Å². The number of unbranched alkanes of at least 4 members (excludes halogenated alkanes) is 17. The molecule has 0 aliphatic carbocycles. The molecule has 0 radical (unpaired) electrons. The molecule has 0 saturated heterocycles. The summed E-state index contributed by atoms with van der Waals surface area (Å²) in [5.41, 5.74) is 0. The van der Waals surface area contributed by atoms with Crippen LogP contribution in [-0.4, -0.2) is 66.5 Å². The van der Waals surface area contributed by atoms with Gasteiger partial charge in [0.15, 0.2) is 6.10 Å². The molecule has 0 amide bonds. The van der Waals surface area contributed by atoms with E-state index in [2.05, 4.69) is 118 Å². The largest absolute Gasteiger partial charge is 0.472 e.